The summed E-state index contributed by atoms with van der Waals surface area (Å²) in [6.07, 6.45) is 0. The summed E-state index contributed by atoms with van der Waals surface area (Å²) >= 11 is 6.08. The molecule has 1 aliphatic heterocycles. The second-order valence-corrected chi connectivity index (χ2v) is 7.38. The molecule has 1 atom stereocenters. The Hall–Kier alpha value is -2.84. The van der Waals surface area contributed by atoms with E-state index in [0.717, 1.165) is 42.5 Å². The molecule has 0 saturated carbocycles. The van der Waals surface area contributed by atoms with E-state index in [1.165, 1.54) is 18.2 Å². The normalized spacial score (nSPS) is 15.6. The lowest BCUT2D eigenvalue weighted by Crippen LogP contribution is -3.19. The minimum atomic E-state index is -0.515. The van der Waals surface area contributed by atoms with Gasteiger partial charge in [0.25, 0.3) is 11.6 Å². The number of hydrogen-bond acceptors (Lipinski definition) is 5. The second kappa shape index (κ2) is 9.11. The van der Waals surface area contributed by atoms with Crippen molar-refractivity contribution in [2.75, 3.05) is 43.5 Å². The van der Waals surface area contributed by atoms with Crippen molar-refractivity contribution in [2.24, 2.45) is 0 Å². The fourth-order valence-corrected chi connectivity index (χ4v) is 3.59. The van der Waals surface area contributed by atoms with Gasteiger partial charge in [-0.15, -0.1) is 0 Å². The number of carbonyl (C=O) groups excluding carboxylic acids is 1. The molecule has 0 aliphatic carbocycles. The molecule has 2 aromatic rings. The average Bonchev–Trinajstić information content (AvgIpc) is 2.74. The van der Waals surface area contributed by atoms with E-state index >= 15 is 0 Å². The van der Waals surface area contributed by atoms with Gasteiger partial charge in [-0.2, -0.15) is 0 Å². The minimum absolute atomic E-state index is 0.113. The number of nitrogens with one attached hydrogen (secondary N) is 2. The zero-order valence-corrected chi connectivity index (χ0v) is 17.1. The van der Waals surface area contributed by atoms with E-state index < -0.39 is 4.92 Å². The molecule has 8 nitrogen and oxygen atoms in total. The summed E-state index contributed by atoms with van der Waals surface area (Å²) in [5, 5.41) is 14.0. The predicted octanol–water partition coefficient (Wildman–Crippen LogP) is 1.99. The van der Waals surface area contributed by atoms with Gasteiger partial charge in [0.15, 0.2) is 6.04 Å². The van der Waals surface area contributed by atoms with Gasteiger partial charge in [0.2, 0.25) is 0 Å². The van der Waals surface area contributed by atoms with Crippen molar-refractivity contribution in [1.82, 2.24) is 0 Å². The van der Waals surface area contributed by atoms with Gasteiger partial charge < -0.3 is 19.9 Å². The molecule has 1 amide bonds. The van der Waals surface area contributed by atoms with Crippen molar-refractivity contribution in [3.8, 4) is 5.75 Å². The Bertz CT molecular complexity index is 883. The SMILES string of the molecule is COc1ccc(N2CC[NH+]([C@H](C)C(=O)Nc3cc([N+](=O)[O-])ccc3Cl)CC2)cc1. The van der Waals surface area contributed by atoms with Gasteiger partial charge in [0.1, 0.15) is 5.75 Å². The van der Waals surface area contributed by atoms with Gasteiger partial charge in [0, 0.05) is 17.8 Å². The molecule has 1 heterocycles. The molecule has 0 spiro atoms. The van der Waals surface area contributed by atoms with E-state index in [9.17, 15) is 14.9 Å². The third-order valence-corrected chi connectivity index (χ3v) is 5.60. The minimum Gasteiger partial charge on any atom is -0.497 e. The van der Waals surface area contributed by atoms with E-state index in [1.807, 2.05) is 31.2 Å². The number of piperazine rings is 1. The lowest BCUT2D eigenvalue weighted by molar-refractivity contribution is -0.914. The standard InChI is InChI=1S/C20H23ClN4O4/c1-14(20(26)22-19-13-16(25(27)28)5-8-18(19)21)23-9-11-24(12-10-23)15-3-6-17(29-2)7-4-15/h3-8,13-14H,9-12H2,1-2H3,(H,22,26)/p+1/t14-/m1/s1. The number of quaternary nitrogens is 1. The summed E-state index contributed by atoms with van der Waals surface area (Å²) in [4.78, 5) is 26.6. The summed E-state index contributed by atoms with van der Waals surface area (Å²) in [6.45, 7) is 5.14. The van der Waals surface area contributed by atoms with Crippen LogP contribution in [-0.4, -0.2) is 50.2 Å². The van der Waals surface area contributed by atoms with Crippen LogP contribution in [0, 0.1) is 10.1 Å². The topological polar surface area (TPSA) is 89.2 Å². The Labute approximate surface area is 174 Å². The fourth-order valence-electron chi connectivity index (χ4n) is 3.43. The molecular formula is C20H24ClN4O4+. The van der Waals surface area contributed by atoms with Crippen molar-refractivity contribution in [1.29, 1.82) is 0 Å². The predicted molar refractivity (Wildman–Crippen MR) is 112 cm³/mol. The fraction of sp³-hybridized carbons (Fsp3) is 0.350. The molecule has 3 rings (SSSR count). The van der Waals surface area contributed by atoms with Gasteiger partial charge in [-0.05, 0) is 37.3 Å². The summed E-state index contributed by atoms with van der Waals surface area (Å²) in [7, 11) is 1.64. The molecule has 154 valence electrons. The zero-order chi connectivity index (χ0) is 21.0. The summed E-state index contributed by atoms with van der Waals surface area (Å²) < 4.78 is 5.20. The second-order valence-electron chi connectivity index (χ2n) is 6.98. The number of carbonyl (C=O) groups is 1. The van der Waals surface area contributed by atoms with Crippen LogP contribution in [0.4, 0.5) is 17.1 Å². The Morgan fingerprint density at radius 3 is 2.48 bits per heavy atom. The number of rotatable bonds is 6. The monoisotopic (exact) mass is 419 g/mol. The number of halogens is 1. The highest BCUT2D eigenvalue weighted by Gasteiger charge is 2.29. The maximum atomic E-state index is 12.7. The molecule has 1 saturated heterocycles. The number of nitro benzene ring substituents is 1. The number of nitro groups is 1. The van der Waals surface area contributed by atoms with Crippen molar-refractivity contribution in [3.63, 3.8) is 0 Å². The summed E-state index contributed by atoms with van der Waals surface area (Å²) in [5.41, 5.74) is 1.28. The van der Waals surface area contributed by atoms with Crippen LogP contribution < -0.4 is 19.9 Å². The van der Waals surface area contributed by atoms with Crippen LogP contribution in [0.2, 0.25) is 5.02 Å². The number of anilines is 2. The van der Waals surface area contributed by atoms with Crippen molar-refractivity contribution in [3.05, 3.63) is 57.6 Å². The van der Waals surface area contributed by atoms with Crippen LogP contribution in [0.25, 0.3) is 0 Å². The molecule has 2 N–H and O–H groups in total. The number of benzene rings is 2. The summed E-state index contributed by atoms with van der Waals surface area (Å²) in [6, 6.07) is 11.6. The highest BCUT2D eigenvalue weighted by Crippen LogP contribution is 2.26. The molecule has 9 heteroatoms. The first kappa shape index (κ1) is 20.9. The lowest BCUT2D eigenvalue weighted by atomic mass is 10.2. The Kier molecular flexibility index (Phi) is 6.56. The van der Waals surface area contributed by atoms with E-state index in [4.69, 9.17) is 16.3 Å². The van der Waals surface area contributed by atoms with Gasteiger partial charge in [-0.25, -0.2) is 0 Å². The van der Waals surface area contributed by atoms with Crippen molar-refractivity contribution >= 4 is 34.6 Å². The largest absolute Gasteiger partial charge is 0.497 e. The molecular weight excluding hydrogens is 396 g/mol. The number of nitrogens with zero attached hydrogens (tertiary/aromatic N) is 2. The van der Waals surface area contributed by atoms with Gasteiger partial charge in [0.05, 0.1) is 48.9 Å². The van der Waals surface area contributed by atoms with E-state index in [2.05, 4.69) is 10.2 Å². The van der Waals surface area contributed by atoms with E-state index in [0.29, 0.717) is 0 Å². The van der Waals surface area contributed by atoms with E-state index in [-0.39, 0.29) is 28.3 Å². The van der Waals surface area contributed by atoms with E-state index in [1.54, 1.807) is 7.11 Å². The highest BCUT2D eigenvalue weighted by molar-refractivity contribution is 6.33. The maximum absolute atomic E-state index is 12.7. The molecule has 0 aromatic heterocycles. The molecule has 2 aromatic carbocycles. The van der Waals surface area contributed by atoms with Gasteiger partial charge in [-0.1, -0.05) is 11.6 Å². The number of amides is 1. The molecule has 0 radical (unpaired) electrons. The van der Waals surface area contributed by atoms with Crippen LogP contribution in [0.3, 0.4) is 0 Å². The number of hydrogen-bond donors (Lipinski definition) is 2. The third kappa shape index (κ3) is 4.96. The first-order valence-corrected chi connectivity index (χ1v) is 9.75. The van der Waals surface area contributed by atoms with Crippen LogP contribution in [0.1, 0.15) is 6.92 Å². The Morgan fingerprint density at radius 2 is 1.90 bits per heavy atom. The maximum Gasteiger partial charge on any atom is 0.282 e. The lowest BCUT2D eigenvalue weighted by Gasteiger charge is -2.36. The molecule has 1 aliphatic rings. The molecule has 0 bridgehead atoms. The van der Waals surface area contributed by atoms with Gasteiger partial charge in [-0.3, -0.25) is 14.9 Å². The molecule has 1 fully saturated rings. The highest BCUT2D eigenvalue weighted by atomic mass is 35.5. The number of methoxy groups -OCH3 is 1. The Balaban J connectivity index is 1.58. The molecule has 0 unspecified atom stereocenters. The first-order chi connectivity index (χ1) is 13.9. The van der Waals surface area contributed by atoms with Crippen LogP contribution in [0.5, 0.6) is 5.75 Å². The van der Waals surface area contributed by atoms with Gasteiger partial charge >= 0.3 is 0 Å². The summed E-state index contributed by atoms with van der Waals surface area (Å²) in [5.74, 6) is 0.614. The first-order valence-electron chi connectivity index (χ1n) is 9.37. The van der Waals surface area contributed by atoms with Crippen LogP contribution in [-0.2, 0) is 4.79 Å². The number of ether oxygens (including phenoxy) is 1. The average molecular weight is 420 g/mol. The smallest absolute Gasteiger partial charge is 0.282 e. The Morgan fingerprint density at radius 1 is 1.24 bits per heavy atom. The van der Waals surface area contributed by atoms with Crippen LogP contribution >= 0.6 is 11.6 Å². The zero-order valence-electron chi connectivity index (χ0n) is 16.4. The van der Waals surface area contributed by atoms with Crippen molar-refractivity contribution in [2.45, 2.75) is 13.0 Å². The quantitative estimate of drug-likeness (QED) is 0.552. The van der Waals surface area contributed by atoms with Crippen molar-refractivity contribution < 1.29 is 19.4 Å². The third-order valence-electron chi connectivity index (χ3n) is 5.27. The molecule has 29 heavy (non-hydrogen) atoms. The van der Waals surface area contributed by atoms with Crippen LogP contribution in [0.15, 0.2) is 42.5 Å². The number of non-ortho nitro benzene ring substituents is 1.